The lowest BCUT2D eigenvalue weighted by molar-refractivity contribution is 0.0946. The Labute approximate surface area is 101 Å². The van der Waals surface area contributed by atoms with Gasteiger partial charge in [0.15, 0.2) is 0 Å². The molecule has 0 spiro atoms. The topological polar surface area (TPSA) is 34.0 Å². The van der Waals surface area contributed by atoms with Gasteiger partial charge in [0.05, 0.1) is 0 Å². The summed E-state index contributed by atoms with van der Waals surface area (Å²) in [5, 5.41) is 4.02. The Morgan fingerprint density at radius 3 is 2.82 bits per heavy atom. The summed E-state index contributed by atoms with van der Waals surface area (Å²) in [6, 6.07) is 8.18. The number of amides is 1. The summed E-state index contributed by atoms with van der Waals surface area (Å²) < 4.78 is 1.94. The molecule has 0 saturated heterocycles. The van der Waals surface area contributed by atoms with Crippen LogP contribution in [0.3, 0.4) is 0 Å². The van der Waals surface area contributed by atoms with Crippen LogP contribution in [0, 0.1) is 6.92 Å². The lowest BCUT2D eigenvalue weighted by atomic mass is 10.2. The zero-order valence-corrected chi connectivity index (χ0v) is 10.6. The molecule has 3 nitrogen and oxygen atoms in total. The van der Waals surface area contributed by atoms with E-state index in [9.17, 15) is 4.79 Å². The predicted octanol–water partition coefficient (Wildman–Crippen LogP) is 2.63. The Bertz CT molecular complexity index is 555. The van der Waals surface area contributed by atoms with Crippen LogP contribution in [0.2, 0.25) is 0 Å². The molecule has 0 fully saturated rings. The van der Waals surface area contributed by atoms with Crippen LogP contribution in [0.4, 0.5) is 0 Å². The van der Waals surface area contributed by atoms with Gasteiger partial charge in [-0.15, -0.1) is 0 Å². The molecule has 0 unspecified atom stereocenters. The van der Waals surface area contributed by atoms with Gasteiger partial charge >= 0.3 is 0 Å². The van der Waals surface area contributed by atoms with Crippen LogP contribution in [-0.2, 0) is 7.05 Å². The molecule has 1 aromatic carbocycles. The van der Waals surface area contributed by atoms with E-state index in [1.807, 2.05) is 24.6 Å². The van der Waals surface area contributed by atoms with Crippen molar-refractivity contribution in [3.05, 3.63) is 35.5 Å². The van der Waals surface area contributed by atoms with Gasteiger partial charge in [-0.05, 0) is 31.5 Å². The average Bonchev–Trinajstić information content (AvgIpc) is 2.63. The van der Waals surface area contributed by atoms with E-state index < -0.39 is 0 Å². The Balaban J connectivity index is 2.41. The first-order valence-electron chi connectivity index (χ1n) is 5.97. The number of hydrogen-bond donors (Lipinski definition) is 1. The van der Waals surface area contributed by atoms with Crippen LogP contribution >= 0.6 is 0 Å². The van der Waals surface area contributed by atoms with E-state index in [1.54, 1.807) is 0 Å². The number of fused-ring (bicyclic) bond motifs is 1. The zero-order chi connectivity index (χ0) is 12.4. The van der Waals surface area contributed by atoms with E-state index in [2.05, 4.69) is 30.4 Å². The Morgan fingerprint density at radius 2 is 2.12 bits per heavy atom. The van der Waals surface area contributed by atoms with Crippen molar-refractivity contribution in [3.8, 4) is 0 Å². The molecule has 1 amide bonds. The number of carbonyl (C=O) groups is 1. The van der Waals surface area contributed by atoms with Crippen molar-refractivity contribution >= 4 is 16.8 Å². The fourth-order valence-electron chi connectivity index (χ4n) is 2.02. The fourth-order valence-corrected chi connectivity index (χ4v) is 2.02. The van der Waals surface area contributed by atoms with E-state index in [0.29, 0.717) is 0 Å². The molecule has 90 valence electrons. The third kappa shape index (κ3) is 2.18. The number of rotatable bonds is 3. The molecule has 0 aliphatic carbocycles. The lowest BCUT2D eigenvalue weighted by Gasteiger charge is -2.04. The van der Waals surface area contributed by atoms with Crippen LogP contribution in [0.15, 0.2) is 24.3 Å². The summed E-state index contributed by atoms with van der Waals surface area (Å²) >= 11 is 0. The van der Waals surface area contributed by atoms with Gasteiger partial charge in [-0.25, -0.2) is 0 Å². The van der Waals surface area contributed by atoms with Crippen LogP contribution in [0.1, 0.15) is 29.4 Å². The van der Waals surface area contributed by atoms with E-state index in [1.165, 1.54) is 5.56 Å². The number of benzene rings is 1. The second kappa shape index (κ2) is 4.62. The molecule has 1 aromatic heterocycles. The second-order valence-corrected chi connectivity index (χ2v) is 4.41. The quantitative estimate of drug-likeness (QED) is 0.864. The number of nitrogens with zero attached hydrogens (tertiary/aromatic N) is 1. The van der Waals surface area contributed by atoms with Gasteiger partial charge in [-0.3, -0.25) is 4.79 Å². The molecule has 1 N–H and O–H groups in total. The smallest absolute Gasteiger partial charge is 0.267 e. The SMILES string of the molecule is CCCNC(=O)c1cc2cc(C)ccc2n1C. The Morgan fingerprint density at radius 1 is 1.35 bits per heavy atom. The van der Waals surface area contributed by atoms with Gasteiger partial charge in [0.25, 0.3) is 5.91 Å². The highest BCUT2D eigenvalue weighted by atomic mass is 16.1. The molecule has 0 aliphatic heterocycles. The minimum atomic E-state index is 0.00297. The van der Waals surface area contributed by atoms with Gasteiger partial charge in [-0.1, -0.05) is 18.6 Å². The third-order valence-corrected chi connectivity index (χ3v) is 2.97. The van der Waals surface area contributed by atoms with Crippen LogP contribution in [-0.4, -0.2) is 17.0 Å². The van der Waals surface area contributed by atoms with Gasteiger partial charge in [-0.2, -0.15) is 0 Å². The largest absolute Gasteiger partial charge is 0.351 e. The Hall–Kier alpha value is -1.77. The van der Waals surface area contributed by atoms with Crippen molar-refractivity contribution in [1.82, 2.24) is 9.88 Å². The average molecular weight is 230 g/mol. The minimum Gasteiger partial charge on any atom is -0.351 e. The number of aromatic nitrogens is 1. The maximum atomic E-state index is 11.9. The summed E-state index contributed by atoms with van der Waals surface area (Å²) in [6.45, 7) is 4.83. The first-order valence-corrected chi connectivity index (χ1v) is 5.97. The van der Waals surface area contributed by atoms with E-state index >= 15 is 0 Å². The van der Waals surface area contributed by atoms with Crippen molar-refractivity contribution in [3.63, 3.8) is 0 Å². The van der Waals surface area contributed by atoms with Gasteiger partial charge in [0.1, 0.15) is 5.69 Å². The summed E-state index contributed by atoms with van der Waals surface area (Å²) in [4.78, 5) is 11.9. The molecule has 2 rings (SSSR count). The highest BCUT2D eigenvalue weighted by Gasteiger charge is 2.12. The molecule has 17 heavy (non-hydrogen) atoms. The molecule has 0 saturated carbocycles. The molecule has 1 heterocycles. The maximum Gasteiger partial charge on any atom is 0.267 e. The van der Waals surface area contributed by atoms with Crippen molar-refractivity contribution in [2.75, 3.05) is 6.54 Å². The monoisotopic (exact) mass is 230 g/mol. The third-order valence-electron chi connectivity index (χ3n) is 2.97. The first kappa shape index (κ1) is 11.7. The number of nitrogens with one attached hydrogen (secondary N) is 1. The number of carbonyl (C=O) groups excluding carboxylic acids is 1. The molecule has 3 heteroatoms. The summed E-state index contributed by atoms with van der Waals surface area (Å²) in [7, 11) is 1.93. The van der Waals surface area contributed by atoms with E-state index in [0.717, 1.165) is 29.6 Å². The first-order chi connectivity index (χ1) is 8.13. The van der Waals surface area contributed by atoms with Crippen molar-refractivity contribution in [2.24, 2.45) is 7.05 Å². The van der Waals surface area contributed by atoms with Gasteiger partial charge < -0.3 is 9.88 Å². The van der Waals surface area contributed by atoms with Crippen molar-refractivity contribution in [1.29, 1.82) is 0 Å². The lowest BCUT2D eigenvalue weighted by Crippen LogP contribution is -2.25. The van der Waals surface area contributed by atoms with Crippen molar-refractivity contribution in [2.45, 2.75) is 20.3 Å². The molecule has 0 atom stereocenters. The summed E-state index contributed by atoms with van der Waals surface area (Å²) in [5.41, 5.74) is 3.03. The molecular weight excluding hydrogens is 212 g/mol. The van der Waals surface area contributed by atoms with Crippen molar-refractivity contribution < 1.29 is 4.79 Å². The van der Waals surface area contributed by atoms with Gasteiger partial charge in [0.2, 0.25) is 0 Å². The number of aryl methyl sites for hydroxylation is 2. The van der Waals surface area contributed by atoms with E-state index in [4.69, 9.17) is 0 Å². The molecule has 0 bridgehead atoms. The fraction of sp³-hybridized carbons (Fsp3) is 0.357. The standard InChI is InChI=1S/C14H18N2O/c1-4-7-15-14(17)13-9-11-8-10(2)5-6-12(11)16(13)3/h5-6,8-9H,4,7H2,1-3H3,(H,15,17). The number of hydrogen-bond acceptors (Lipinski definition) is 1. The summed E-state index contributed by atoms with van der Waals surface area (Å²) in [6.07, 6.45) is 0.953. The van der Waals surface area contributed by atoms with Gasteiger partial charge in [0, 0.05) is 24.5 Å². The zero-order valence-electron chi connectivity index (χ0n) is 10.6. The van der Waals surface area contributed by atoms with Crippen LogP contribution in [0.25, 0.3) is 10.9 Å². The summed E-state index contributed by atoms with van der Waals surface area (Å²) in [5.74, 6) is 0.00297. The van der Waals surface area contributed by atoms with Crippen LogP contribution in [0.5, 0.6) is 0 Å². The highest BCUT2D eigenvalue weighted by Crippen LogP contribution is 2.19. The normalized spacial score (nSPS) is 10.8. The second-order valence-electron chi connectivity index (χ2n) is 4.41. The molecule has 2 aromatic rings. The maximum absolute atomic E-state index is 11.9. The Kier molecular flexibility index (Phi) is 3.18. The molecule has 0 radical (unpaired) electrons. The molecular formula is C14H18N2O. The predicted molar refractivity (Wildman–Crippen MR) is 70.3 cm³/mol. The van der Waals surface area contributed by atoms with E-state index in [-0.39, 0.29) is 5.91 Å². The molecule has 0 aliphatic rings. The van der Waals surface area contributed by atoms with Crippen LogP contribution < -0.4 is 5.32 Å². The minimum absolute atomic E-state index is 0.00297. The highest BCUT2D eigenvalue weighted by molar-refractivity contribution is 5.98.